The number of aromatic nitrogens is 3. The number of urea groups is 1. The fourth-order valence-corrected chi connectivity index (χ4v) is 1.77. The number of halogens is 4. The van der Waals surface area contributed by atoms with Crippen molar-refractivity contribution in [2.24, 2.45) is 0 Å². The van der Waals surface area contributed by atoms with Crippen LogP contribution in [0.4, 0.5) is 22.4 Å². The van der Waals surface area contributed by atoms with Gasteiger partial charge < -0.3 is 10.0 Å². The summed E-state index contributed by atoms with van der Waals surface area (Å²) in [6.45, 7) is 0. The zero-order valence-electron chi connectivity index (χ0n) is 11.4. The van der Waals surface area contributed by atoms with Crippen molar-refractivity contribution >= 4 is 17.1 Å². The highest BCUT2D eigenvalue weighted by molar-refractivity contribution is 5.76. The number of benzene rings is 1. The lowest BCUT2D eigenvalue weighted by Crippen LogP contribution is -2.60. The van der Waals surface area contributed by atoms with Gasteiger partial charge in [-0.3, -0.25) is 0 Å². The summed E-state index contributed by atoms with van der Waals surface area (Å²) < 4.78 is 53.6. The maximum atomic E-state index is 14.5. The predicted octanol–water partition coefficient (Wildman–Crippen LogP) is 1.46. The second kappa shape index (κ2) is 5.09. The molecule has 120 valence electrons. The van der Waals surface area contributed by atoms with Crippen molar-refractivity contribution in [3.8, 4) is 0 Å². The van der Waals surface area contributed by atoms with Crippen LogP contribution in [0.1, 0.15) is 0 Å². The molecule has 2 amide bonds. The highest BCUT2D eigenvalue weighted by Crippen LogP contribution is 2.34. The molecule has 0 spiro atoms. The molecular formula is C11H11F4N5O2. The van der Waals surface area contributed by atoms with E-state index in [2.05, 4.69) is 10.3 Å². The van der Waals surface area contributed by atoms with E-state index in [1.54, 1.807) is 0 Å². The Bertz CT molecular complexity index is 697. The van der Waals surface area contributed by atoms with Gasteiger partial charge in [0, 0.05) is 14.1 Å². The average Bonchev–Trinajstić information content (AvgIpc) is 2.80. The Morgan fingerprint density at radius 2 is 1.82 bits per heavy atom. The Labute approximate surface area is 121 Å². The Morgan fingerprint density at radius 1 is 1.23 bits per heavy atom. The first-order valence-electron chi connectivity index (χ1n) is 5.87. The number of nitrogens with zero attached hydrogens (tertiary/aromatic N) is 5. The minimum Gasteiger partial charge on any atom is -0.330 e. The summed E-state index contributed by atoms with van der Waals surface area (Å²) in [6, 6.07) is 3.65. The molecule has 22 heavy (non-hydrogen) atoms. The van der Waals surface area contributed by atoms with E-state index in [-0.39, 0.29) is 15.7 Å². The van der Waals surface area contributed by atoms with E-state index in [1.165, 1.54) is 24.3 Å². The van der Waals surface area contributed by atoms with Crippen molar-refractivity contribution in [2.75, 3.05) is 14.1 Å². The number of hydrogen-bond acceptors (Lipinski definition) is 4. The molecule has 0 aliphatic carbocycles. The first kappa shape index (κ1) is 15.9. The molecule has 1 atom stereocenters. The number of amides is 2. The first-order valence-corrected chi connectivity index (χ1v) is 5.87. The Morgan fingerprint density at radius 3 is 2.36 bits per heavy atom. The Hall–Kier alpha value is -2.43. The van der Waals surface area contributed by atoms with E-state index < -0.39 is 23.3 Å². The van der Waals surface area contributed by atoms with Crippen molar-refractivity contribution in [3.63, 3.8) is 0 Å². The third-order valence-corrected chi connectivity index (χ3v) is 2.73. The monoisotopic (exact) mass is 321 g/mol. The van der Waals surface area contributed by atoms with E-state index in [4.69, 9.17) is 0 Å². The van der Waals surface area contributed by atoms with Crippen molar-refractivity contribution in [1.82, 2.24) is 24.8 Å². The largest absolute Gasteiger partial charge is 0.494 e. The van der Waals surface area contributed by atoms with Crippen LogP contribution < -0.4 is 0 Å². The standard InChI is InChI=1S/C11H11F4N5O2/c1-18(2)9(21)19(10(12,13)14)11(15,22)20-8-6-4-3-5-7(8)16-17-20/h3-6,22H,1-2H3. The molecule has 1 unspecified atom stereocenters. The lowest BCUT2D eigenvalue weighted by Gasteiger charge is -2.34. The zero-order chi connectivity index (χ0) is 16.7. The van der Waals surface area contributed by atoms with Crippen LogP contribution >= 0.6 is 0 Å². The van der Waals surface area contributed by atoms with Gasteiger partial charge in [-0.25, -0.2) is 4.79 Å². The number of carbonyl (C=O) groups excluding carboxylic acids is 1. The van der Waals surface area contributed by atoms with Crippen LogP contribution in [0.25, 0.3) is 11.0 Å². The molecule has 1 aromatic carbocycles. The minimum absolute atomic E-state index is 0.0166. The molecule has 0 aliphatic heterocycles. The molecule has 1 N–H and O–H groups in total. The fraction of sp³-hybridized carbons (Fsp3) is 0.364. The number of para-hydroxylation sites is 1. The summed E-state index contributed by atoms with van der Waals surface area (Å²) in [6.07, 6.45) is -9.77. The quantitative estimate of drug-likeness (QED) is 0.516. The van der Waals surface area contributed by atoms with Crippen molar-refractivity contribution < 1.29 is 27.5 Å². The van der Waals surface area contributed by atoms with Crippen molar-refractivity contribution in [3.05, 3.63) is 24.3 Å². The number of carbonyl (C=O) groups is 1. The van der Waals surface area contributed by atoms with Crippen LogP contribution in [0, 0.1) is 0 Å². The van der Waals surface area contributed by atoms with Gasteiger partial charge in [0.25, 0.3) is 0 Å². The molecular weight excluding hydrogens is 310 g/mol. The van der Waals surface area contributed by atoms with Gasteiger partial charge in [-0.05, 0) is 12.1 Å². The maximum absolute atomic E-state index is 14.5. The second-order valence-corrected chi connectivity index (χ2v) is 4.52. The number of fused-ring (bicyclic) bond motifs is 1. The van der Waals surface area contributed by atoms with E-state index in [0.29, 0.717) is 4.90 Å². The lowest BCUT2D eigenvalue weighted by molar-refractivity contribution is -0.369. The molecule has 0 fully saturated rings. The highest BCUT2D eigenvalue weighted by Gasteiger charge is 2.57. The second-order valence-electron chi connectivity index (χ2n) is 4.52. The molecule has 1 heterocycles. The van der Waals surface area contributed by atoms with Crippen LogP contribution in [0.2, 0.25) is 0 Å². The summed E-state index contributed by atoms with van der Waals surface area (Å²) in [4.78, 5) is 10.8. The van der Waals surface area contributed by atoms with Crippen LogP contribution in [-0.2, 0) is 6.10 Å². The first-order chi connectivity index (χ1) is 10.1. The topological polar surface area (TPSA) is 74.5 Å². The van der Waals surface area contributed by atoms with Crippen molar-refractivity contribution in [2.45, 2.75) is 12.4 Å². The van der Waals surface area contributed by atoms with Gasteiger partial charge >= 0.3 is 18.4 Å². The van der Waals surface area contributed by atoms with Crippen LogP contribution in [0.3, 0.4) is 0 Å². The molecule has 0 saturated heterocycles. The SMILES string of the molecule is CN(C)C(=O)N(C(F)(F)F)C(O)(F)n1nnc2ccccc21. The molecule has 0 radical (unpaired) electrons. The summed E-state index contributed by atoms with van der Waals surface area (Å²) in [7, 11) is 1.97. The Balaban J connectivity index is 2.61. The van der Waals surface area contributed by atoms with Gasteiger partial charge in [-0.1, -0.05) is 17.3 Å². The van der Waals surface area contributed by atoms with Crippen LogP contribution in [-0.4, -0.2) is 56.3 Å². The molecule has 7 nitrogen and oxygen atoms in total. The molecule has 1 aromatic heterocycles. The molecule has 0 aliphatic rings. The Kier molecular flexibility index (Phi) is 3.69. The highest BCUT2D eigenvalue weighted by atomic mass is 19.4. The van der Waals surface area contributed by atoms with Gasteiger partial charge in [-0.2, -0.15) is 14.0 Å². The minimum atomic E-state index is -5.49. The van der Waals surface area contributed by atoms with E-state index >= 15 is 0 Å². The van der Waals surface area contributed by atoms with E-state index in [1.807, 2.05) is 0 Å². The van der Waals surface area contributed by atoms with Gasteiger partial charge in [-0.15, -0.1) is 18.3 Å². The molecule has 0 saturated carbocycles. The molecule has 2 rings (SSSR count). The molecule has 2 aromatic rings. The van der Waals surface area contributed by atoms with Crippen LogP contribution in [0.5, 0.6) is 0 Å². The molecule has 11 heteroatoms. The van der Waals surface area contributed by atoms with Gasteiger partial charge in [0.05, 0.1) is 5.52 Å². The summed E-state index contributed by atoms with van der Waals surface area (Å²) >= 11 is 0. The van der Waals surface area contributed by atoms with E-state index in [0.717, 1.165) is 14.1 Å². The smallest absolute Gasteiger partial charge is 0.330 e. The number of alkyl halides is 4. The third-order valence-electron chi connectivity index (χ3n) is 2.73. The van der Waals surface area contributed by atoms with Crippen LogP contribution in [0.15, 0.2) is 24.3 Å². The average molecular weight is 321 g/mol. The predicted molar refractivity (Wildman–Crippen MR) is 65.8 cm³/mol. The van der Waals surface area contributed by atoms with Crippen molar-refractivity contribution in [1.29, 1.82) is 0 Å². The summed E-state index contributed by atoms with van der Waals surface area (Å²) in [5, 5.41) is 16.4. The van der Waals surface area contributed by atoms with Gasteiger partial charge in [0.1, 0.15) is 5.52 Å². The van der Waals surface area contributed by atoms with Gasteiger partial charge in [0.15, 0.2) is 0 Å². The number of aliphatic hydroxyl groups is 1. The summed E-state index contributed by atoms with van der Waals surface area (Å²) in [5.74, 6) is 0. The van der Waals surface area contributed by atoms with E-state index in [9.17, 15) is 27.5 Å². The lowest BCUT2D eigenvalue weighted by atomic mass is 10.3. The fourth-order valence-electron chi connectivity index (χ4n) is 1.77. The maximum Gasteiger partial charge on any atom is 0.494 e. The number of rotatable bonds is 2. The van der Waals surface area contributed by atoms with Gasteiger partial charge in [0.2, 0.25) is 0 Å². The third kappa shape index (κ3) is 2.54. The zero-order valence-corrected chi connectivity index (χ0v) is 11.4. The number of hydrogen-bond donors (Lipinski definition) is 1. The normalized spacial score (nSPS) is 14.7. The molecule has 0 bridgehead atoms. The summed E-state index contributed by atoms with van der Waals surface area (Å²) in [5.41, 5.74) is -0.161.